The Kier molecular flexibility index (Phi) is 11.9. The molecule has 2 aromatic carbocycles. The number of rotatable bonds is 7. The molecule has 0 aliphatic carbocycles. The summed E-state index contributed by atoms with van der Waals surface area (Å²) in [5, 5.41) is 30.3. The van der Waals surface area contributed by atoms with Crippen molar-refractivity contribution in [1.82, 2.24) is 21.3 Å². The summed E-state index contributed by atoms with van der Waals surface area (Å²) in [5.41, 5.74) is 7.63. The van der Waals surface area contributed by atoms with Crippen molar-refractivity contribution in [2.45, 2.75) is 87.2 Å². The molecule has 0 bridgehead atoms. The highest BCUT2D eigenvalue weighted by molar-refractivity contribution is 8.77. The number of benzene rings is 2. The lowest BCUT2D eigenvalue weighted by Gasteiger charge is -2.38. The summed E-state index contributed by atoms with van der Waals surface area (Å²) in [4.78, 5) is 66.2. The monoisotopic (exact) mass is 659 g/mol. The second kappa shape index (κ2) is 15.0. The molecule has 12 nitrogen and oxygen atoms in total. The molecule has 1 aliphatic heterocycles. The highest BCUT2D eigenvalue weighted by Crippen LogP contribution is 2.46. The zero-order chi connectivity index (χ0) is 33.5. The van der Waals surface area contributed by atoms with Gasteiger partial charge >= 0.3 is 5.97 Å². The van der Waals surface area contributed by atoms with E-state index >= 15 is 0 Å². The minimum absolute atomic E-state index is 0.0709. The summed E-state index contributed by atoms with van der Waals surface area (Å²) >= 11 is 0. The van der Waals surface area contributed by atoms with Crippen LogP contribution in [-0.2, 0) is 36.8 Å². The number of carboxylic acid groups (broad SMARTS) is 1. The zero-order valence-corrected chi connectivity index (χ0v) is 27.5. The number of carbonyl (C=O) groups is 5. The van der Waals surface area contributed by atoms with Crippen LogP contribution < -0.4 is 27.0 Å². The van der Waals surface area contributed by atoms with Crippen LogP contribution in [0.2, 0.25) is 0 Å². The van der Waals surface area contributed by atoms with E-state index in [2.05, 4.69) is 21.3 Å². The van der Waals surface area contributed by atoms with Gasteiger partial charge in [-0.3, -0.25) is 19.2 Å². The maximum atomic E-state index is 13.7. The first-order chi connectivity index (χ1) is 21.0. The highest BCUT2D eigenvalue weighted by atomic mass is 33.1. The third kappa shape index (κ3) is 9.87. The number of hydrogen-bond donors (Lipinski definition) is 7. The first-order valence-corrected chi connectivity index (χ1v) is 16.5. The minimum atomic E-state index is -1.37. The van der Waals surface area contributed by atoms with E-state index < -0.39 is 69.3 Å². The number of nitrogens with one attached hydrogen (secondary N) is 4. The summed E-state index contributed by atoms with van der Waals surface area (Å²) in [5.74, 6) is -3.82. The Hall–Kier alpha value is -3.75. The van der Waals surface area contributed by atoms with Crippen molar-refractivity contribution in [1.29, 1.82) is 0 Å². The molecule has 1 saturated heterocycles. The average Bonchev–Trinajstić information content (AvgIpc) is 2.97. The summed E-state index contributed by atoms with van der Waals surface area (Å²) in [7, 11) is 2.32. The van der Waals surface area contributed by atoms with Gasteiger partial charge in [-0.1, -0.05) is 64.1 Å². The van der Waals surface area contributed by atoms with Gasteiger partial charge < -0.3 is 37.2 Å². The smallest absolute Gasteiger partial charge is 0.327 e. The Morgan fingerprint density at radius 1 is 0.867 bits per heavy atom. The highest BCUT2D eigenvalue weighted by Gasteiger charge is 2.45. The molecule has 2 aromatic rings. The molecule has 0 saturated carbocycles. The quantitative estimate of drug-likeness (QED) is 0.214. The molecule has 0 radical (unpaired) electrons. The standard InChI is InChI=1S/C31H41N5O7S2/c1-17-25(38)34-22(16-18-9-7-6-8-10-18)27(40)36-24(29(42)43)31(4,5)45-44-30(2,3)23(28(41)33-17)35-26(39)21(32)15-19-11-13-20(37)14-12-19/h6-14,17,21-24,37H,15-16,32H2,1-5H3,(H,33,41)(H,34,38)(H,35,39)(H,36,40)(H,42,43)/t17-,21+,22+,23+,24+/m1/s1. The fourth-order valence-electron chi connectivity index (χ4n) is 4.59. The van der Waals surface area contributed by atoms with Crippen molar-refractivity contribution in [2.24, 2.45) is 5.73 Å². The maximum Gasteiger partial charge on any atom is 0.327 e. The van der Waals surface area contributed by atoms with E-state index in [1.807, 2.05) is 6.07 Å². The molecular formula is C31H41N5O7S2. The SMILES string of the molecule is C[C@H]1NC(=O)[C@H](NC(=O)[C@@H](N)Cc2ccc(O)cc2)C(C)(C)SSC(C)(C)[C@H](C(=O)O)NC(=O)[C@H](Cc2ccccc2)NC1=O. The van der Waals surface area contributed by atoms with Gasteiger partial charge in [-0.05, 0) is 64.3 Å². The van der Waals surface area contributed by atoms with Crippen molar-refractivity contribution in [3.05, 3.63) is 65.7 Å². The van der Waals surface area contributed by atoms with Crippen LogP contribution in [0.3, 0.4) is 0 Å². The lowest BCUT2D eigenvalue weighted by atomic mass is 9.99. The van der Waals surface area contributed by atoms with Gasteiger partial charge in [0.1, 0.15) is 29.9 Å². The van der Waals surface area contributed by atoms with Gasteiger partial charge in [-0.2, -0.15) is 0 Å². The summed E-state index contributed by atoms with van der Waals surface area (Å²) in [6, 6.07) is 9.32. The molecular weight excluding hydrogens is 619 g/mol. The first kappa shape index (κ1) is 35.7. The molecule has 4 amide bonds. The second-order valence-electron chi connectivity index (χ2n) is 12.1. The van der Waals surface area contributed by atoms with Crippen molar-refractivity contribution < 1.29 is 34.2 Å². The van der Waals surface area contributed by atoms with Gasteiger partial charge in [0, 0.05) is 11.2 Å². The van der Waals surface area contributed by atoms with E-state index in [1.165, 1.54) is 29.9 Å². The fraction of sp³-hybridized carbons (Fsp3) is 0.452. The molecule has 5 atom stereocenters. The van der Waals surface area contributed by atoms with Gasteiger partial charge in [0.2, 0.25) is 23.6 Å². The van der Waals surface area contributed by atoms with E-state index in [1.54, 1.807) is 64.1 Å². The number of aromatic hydroxyl groups is 1. The molecule has 0 unspecified atom stereocenters. The molecule has 0 aromatic heterocycles. The van der Waals surface area contributed by atoms with Crippen molar-refractivity contribution in [3.8, 4) is 5.75 Å². The molecule has 1 heterocycles. The molecule has 244 valence electrons. The topological polar surface area (TPSA) is 200 Å². The normalized spacial score (nSPS) is 24.6. The lowest BCUT2D eigenvalue weighted by Crippen LogP contribution is -2.63. The van der Waals surface area contributed by atoms with Gasteiger partial charge in [-0.25, -0.2) is 4.79 Å². The predicted molar refractivity (Wildman–Crippen MR) is 174 cm³/mol. The molecule has 1 fully saturated rings. The number of nitrogens with two attached hydrogens (primary N) is 1. The Morgan fingerprint density at radius 3 is 2.07 bits per heavy atom. The number of carboxylic acids is 1. The van der Waals surface area contributed by atoms with Crippen molar-refractivity contribution >= 4 is 51.2 Å². The fourth-order valence-corrected chi connectivity index (χ4v) is 7.40. The maximum absolute atomic E-state index is 13.7. The summed E-state index contributed by atoms with van der Waals surface area (Å²) < 4.78 is -2.16. The molecule has 45 heavy (non-hydrogen) atoms. The van der Waals surface area contributed by atoms with E-state index in [0.717, 1.165) is 16.4 Å². The van der Waals surface area contributed by atoms with E-state index in [-0.39, 0.29) is 18.6 Å². The Labute approximate surface area is 270 Å². The summed E-state index contributed by atoms with van der Waals surface area (Å²) in [6.07, 6.45) is 0.218. The molecule has 0 spiro atoms. The van der Waals surface area contributed by atoms with Crippen molar-refractivity contribution in [2.75, 3.05) is 0 Å². The van der Waals surface area contributed by atoms with Gasteiger partial charge in [-0.15, -0.1) is 0 Å². The first-order valence-electron chi connectivity index (χ1n) is 14.4. The van der Waals surface area contributed by atoms with Gasteiger partial charge in [0.25, 0.3) is 0 Å². The number of phenolic OH excluding ortho intramolecular Hbond substituents is 1. The van der Waals surface area contributed by atoms with Crippen LogP contribution in [0.4, 0.5) is 0 Å². The van der Waals surface area contributed by atoms with Crippen LogP contribution in [0.25, 0.3) is 0 Å². The third-order valence-corrected chi connectivity index (χ3v) is 11.6. The largest absolute Gasteiger partial charge is 0.508 e. The van der Waals surface area contributed by atoms with Crippen LogP contribution in [0.1, 0.15) is 45.7 Å². The van der Waals surface area contributed by atoms with Crippen LogP contribution in [-0.4, -0.2) is 79.5 Å². The van der Waals surface area contributed by atoms with E-state index in [4.69, 9.17) is 5.73 Å². The number of phenols is 1. The third-order valence-electron chi connectivity index (χ3n) is 7.34. The number of hydrogen-bond acceptors (Lipinski definition) is 9. The Bertz CT molecular complexity index is 1390. The molecule has 14 heteroatoms. The van der Waals surface area contributed by atoms with Crippen LogP contribution >= 0.6 is 21.6 Å². The van der Waals surface area contributed by atoms with Crippen LogP contribution in [0.5, 0.6) is 5.75 Å². The van der Waals surface area contributed by atoms with E-state index in [0.29, 0.717) is 5.56 Å². The number of amides is 4. The van der Waals surface area contributed by atoms with Crippen LogP contribution in [0, 0.1) is 0 Å². The zero-order valence-electron chi connectivity index (χ0n) is 25.8. The summed E-state index contributed by atoms with van der Waals surface area (Å²) in [6.45, 7) is 8.17. The molecule has 8 N–H and O–H groups in total. The second-order valence-corrected chi connectivity index (χ2v) is 15.5. The molecule has 1 aliphatic rings. The Balaban J connectivity index is 1.93. The van der Waals surface area contributed by atoms with Gasteiger partial charge in [0.05, 0.1) is 10.8 Å². The lowest BCUT2D eigenvalue weighted by molar-refractivity contribution is -0.143. The Morgan fingerprint density at radius 2 is 1.47 bits per heavy atom. The number of aliphatic carboxylic acids is 1. The van der Waals surface area contributed by atoms with Crippen LogP contribution in [0.15, 0.2) is 54.6 Å². The van der Waals surface area contributed by atoms with E-state index in [9.17, 15) is 34.2 Å². The average molecular weight is 660 g/mol. The van der Waals surface area contributed by atoms with Gasteiger partial charge in [0.15, 0.2) is 0 Å². The van der Waals surface area contributed by atoms with Crippen molar-refractivity contribution in [3.63, 3.8) is 0 Å². The minimum Gasteiger partial charge on any atom is -0.508 e. The molecule has 3 rings (SSSR count). The predicted octanol–water partition coefficient (Wildman–Crippen LogP) is 1.50. The number of carbonyl (C=O) groups excluding carboxylic acids is 4.